The maximum absolute atomic E-state index is 14.5. The quantitative estimate of drug-likeness (QED) is 0.726. The van der Waals surface area contributed by atoms with Gasteiger partial charge in [0.2, 0.25) is 0 Å². The smallest absolute Gasteiger partial charge is 0.333 e. The number of esters is 1. The minimum atomic E-state index is -4.11. The molecule has 1 heterocycles. The third kappa shape index (κ3) is 3.42. The summed E-state index contributed by atoms with van der Waals surface area (Å²) < 4.78 is 46.4. The second kappa shape index (κ2) is 7.28. The van der Waals surface area contributed by atoms with E-state index in [4.69, 9.17) is 16.3 Å². The molecule has 0 aromatic heterocycles. The number of hydrogen-bond donors (Lipinski definition) is 0. The predicted molar refractivity (Wildman–Crippen MR) is 98.7 cm³/mol. The molecule has 2 aromatic carbocycles. The van der Waals surface area contributed by atoms with E-state index in [-0.39, 0.29) is 15.5 Å². The highest BCUT2D eigenvalue weighted by Crippen LogP contribution is 2.39. The van der Waals surface area contributed by atoms with Gasteiger partial charge in [0.1, 0.15) is 18.2 Å². The molecule has 1 aliphatic rings. The van der Waals surface area contributed by atoms with Crippen LogP contribution in [0.5, 0.6) is 0 Å². The number of nitrogens with zero attached hydrogens (tertiary/aromatic N) is 2. The van der Waals surface area contributed by atoms with E-state index in [9.17, 15) is 17.6 Å². The first-order valence-electron chi connectivity index (χ1n) is 7.92. The fourth-order valence-corrected chi connectivity index (χ4v) is 4.56. The van der Waals surface area contributed by atoms with Gasteiger partial charge in [-0.1, -0.05) is 35.4 Å². The van der Waals surface area contributed by atoms with Gasteiger partial charge in [-0.2, -0.15) is 0 Å². The third-order valence-electron chi connectivity index (χ3n) is 4.25. The fourth-order valence-electron chi connectivity index (χ4n) is 2.86. The van der Waals surface area contributed by atoms with Crippen molar-refractivity contribution in [3.63, 3.8) is 0 Å². The monoisotopic (exact) mass is 410 g/mol. The zero-order chi connectivity index (χ0) is 19.8. The third-order valence-corrected chi connectivity index (χ3v) is 6.32. The number of sulfonamides is 1. The zero-order valence-corrected chi connectivity index (χ0v) is 16.0. The number of halogens is 2. The van der Waals surface area contributed by atoms with Crippen molar-refractivity contribution in [2.75, 3.05) is 7.11 Å². The molecular weight excluding hydrogens is 395 g/mol. The molecule has 9 heteroatoms. The standard InChI is InChI=1S/C18H16ClFN2O4S/c1-11-6-8-12(9-7-11)27(24,25)22-10-21-16(18(23)26-2)17(22)15-13(19)4-3-5-14(15)20/h3-10,16-17H,1-2H3/t16-,17+/m0/s1. The summed E-state index contributed by atoms with van der Waals surface area (Å²) in [5.41, 5.74) is 0.743. The molecule has 2 aromatic rings. The first-order valence-corrected chi connectivity index (χ1v) is 9.74. The lowest BCUT2D eigenvalue weighted by Crippen LogP contribution is -2.38. The Labute approximate surface area is 161 Å². The highest BCUT2D eigenvalue weighted by molar-refractivity contribution is 7.89. The van der Waals surface area contributed by atoms with Gasteiger partial charge in [-0.15, -0.1) is 0 Å². The fraction of sp³-hybridized carbons (Fsp3) is 0.222. The highest BCUT2D eigenvalue weighted by Gasteiger charge is 2.45. The molecule has 142 valence electrons. The summed E-state index contributed by atoms with van der Waals surface area (Å²) in [5.74, 6) is -1.53. The maximum atomic E-state index is 14.5. The molecule has 0 unspecified atom stereocenters. The van der Waals surface area contributed by atoms with Crippen LogP contribution in [0.2, 0.25) is 5.02 Å². The molecular formula is C18H16ClFN2O4S. The number of carbonyl (C=O) groups excluding carboxylic acids is 1. The van der Waals surface area contributed by atoms with Crippen LogP contribution < -0.4 is 0 Å². The van der Waals surface area contributed by atoms with Crippen molar-refractivity contribution in [1.29, 1.82) is 0 Å². The Balaban J connectivity index is 2.15. The molecule has 0 radical (unpaired) electrons. The Hall–Kier alpha value is -2.45. The molecule has 3 rings (SSSR count). The van der Waals surface area contributed by atoms with E-state index in [0.29, 0.717) is 0 Å². The number of benzene rings is 2. The average Bonchev–Trinajstić information content (AvgIpc) is 3.07. The number of methoxy groups -OCH3 is 1. The SMILES string of the molecule is COC(=O)[C@H]1N=CN(S(=O)(=O)c2ccc(C)cc2)[C@@H]1c1c(F)cccc1Cl. The van der Waals surface area contributed by atoms with E-state index in [1.165, 1.54) is 24.3 Å². The molecule has 1 aliphatic heterocycles. The number of hydrogen-bond acceptors (Lipinski definition) is 5. The molecule has 0 bridgehead atoms. The van der Waals surface area contributed by atoms with Crippen LogP contribution in [0.15, 0.2) is 52.4 Å². The number of carbonyl (C=O) groups is 1. The van der Waals surface area contributed by atoms with Crippen molar-refractivity contribution in [2.24, 2.45) is 4.99 Å². The molecule has 0 amide bonds. The predicted octanol–water partition coefficient (Wildman–Crippen LogP) is 3.10. The summed E-state index contributed by atoms with van der Waals surface area (Å²) in [6.45, 7) is 1.82. The van der Waals surface area contributed by atoms with Gasteiger partial charge < -0.3 is 4.74 Å². The van der Waals surface area contributed by atoms with Gasteiger partial charge in [-0.25, -0.2) is 21.9 Å². The maximum Gasteiger partial charge on any atom is 0.333 e. The van der Waals surface area contributed by atoms with Crippen LogP contribution in [0.3, 0.4) is 0 Å². The second-order valence-corrected chi connectivity index (χ2v) is 8.21. The molecule has 6 nitrogen and oxygen atoms in total. The lowest BCUT2D eigenvalue weighted by molar-refractivity contribution is -0.142. The number of rotatable bonds is 4. The average molecular weight is 411 g/mol. The van der Waals surface area contributed by atoms with Crippen LogP contribution in [0.4, 0.5) is 4.39 Å². The molecule has 27 heavy (non-hydrogen) atoms. The van der Waals surface area contributed by atoms with E-state index in [1.54, 1.807) is 12.1 Å². The highest BCUT2D eigenvalue weighted by atomic mass is 35.5. The van der Waals surface area contributed by atoms with Gasteiger partial charge in [-0.05, 0) is 31.2 Å². The summed E-state index contributed by atoms with van der Waals surface area (Å²) in [6, 6.07) is 7.54. The molecule has 0 saturated heterocycles. The molecule has 0 saturated carbocycles. The molecule has 0 N–H and O–H groups in total. The number of aliphatic imine (C=N–C) groups is 1. The summed E-state index contributed by atoms with van der Waals surface area (Å²) in [4.78, 5) is 16.1. The van der Waals surface area contributed by atoms with Crippen molar-refractivity contribution in [1.82, 2.24) is 4.31 Å². The van der Waals surface area contributed by atoms with Crippen LogP contribution in [-0.4, -0.2) is 38.2 Å². The van der Waals surface area contributed by atoms with Crippen LogP contribution in [0, 0.1) is 12.7 Å². The Morgan fingerprint density at radius 1 is 1.22 bits per heavy atom. The van der Waals surface area contributed by atoms with Crippen molar-refractivity contribution in [3.05, 3.63) is 64.4 Å². The first-order chi connectivity index (χ1) is 12.8. The van der Waals surface area contributed by atoms with Gasteiger partial charge in [0.25, 0.3) is 10.0 Å². The normalized spacial score (nSPS) is 19.3. The Bertz CT molecular complexity index is 988. The summed E-state index contributed by atoms with van der Waals surface area (Å²) in [7, 11) is -2.96. The Kier molecular flexibility index (Phi) is 5.21. The van der Waals surface area contributed by atoms with E-state index >= 15 is 0 Å². The minimum Gasteiger partial charge on any atom is -0.467 e. The first kappa shape index (κ1) is 19.3. The van der Waals surface area contributed by atoms with Gasteiger partial charge >= 0.3 is 5.97 Å². The van der Waals surface area contributed by atoms with Crippen molar-refractivity contribution in [3.8, 4) is 0 Å². The summed E-state index contributed by atoms with van der Waals surface area (Å²) in [6.07, 6.45) is 1.00. The minimum absolute atomic E-state index is 0.0106. The summed E-state index contributed by atoms with van der Waals surface area (Å²) >= 11 is 6.14. The largest absolute Gasteiger partial charge is 0.467 e. The zero-order valence-electron chi connectivity index (χ0n) is 14.5. The van der Waals surface area contributed by atoms with Crippen LogP contribution in [0.25, 0.3) is 0 Å². The summed E-state index contributed by atoms with van der Waals surface area (Å²) in [5, 5.41) is -0.0106. The van der Waals surface area contributed by atoms with Crippen LogP contribution in [0.1, 0.15) is 17.2 Å². The van der Waals surface area contributed by atoms with Crippen molar-refractivity contribution < 1.29 is 22.3 Å². The Morgan fingerprint density at radius 3 is 2.48 bits per heavy atom. The van der Waals surface area contributed by atoms with E-state index < -0.39 is 33.9 Å². The lowest BCUT2D eigenvalue weighted by atomic mass is 10.00. The van der Waals surface area contributed by atoms with Crippen LogP contribution in [-0.2, 0) is 19.6 Å². The van der Waals surface area contributed by atoms with Crippen LogP contribution >= 0.6 is 11.6 Å². The molecule has 0 fully saturated rings. The van der Waals surface area contributed by atoms with E-state index in [1.807, 2.05) is 6.92 Å². The van der Waals surface area contributed by atoms with Crippen molar-refractivity contribution >= 4 is 33.9 Å². The van der Waals surface area contributed by atoms with Crippen molar-refractivity contribution in [2.45, 2.75) is 23.9 Å². The van der Waals surface area contributed by atoms with Gasteiger partial charge in [0.15, 0.2) is 6.04 Å². The van der Waals surface area contributed by atoms with E-state index in [2.05, 4.69) is 4.99 Å². The Morgan fingerprint density at radius 2 is 1.89 bits per heavy atom. The second-order valence-electron chi connectivity index (χ2n) is 5.96. The topological polar surface area (TPSA) is 76.0 Å². The van der Waals surface area contributed by atoms with E-state index in [0.717, 1.165) is 29.4 Å². The molecule has 2 atom stereocenters. The van der Waals surface area contributed by atoms with Gasteiger partial charge in [0.05, 0.1) is 12.0 Å². The van der Waals surface area contributed by atoms with Gasteiger partial charge in [-0.3, -0.25) is 4.99 Å². The number of aryl methyl sites for hydroxylation is 1. The van der Waals surface area contributed by atoms with Gasteiger partial charge in [0, 0.05) is 10.6 Å². The molecule has 0 spiro atoms. The molecule has 0 aliphatic carbocycles. The lowest BCUT2D eigenvalue weighted by Gasteiger charge is -2.27. The number of ether oxygens (including phenoxy) is 1.